The standard InChI is InChI=1S/C42H49F4N5O3SSi/c1-21(2)56(22(3)4,23(5)6)19-18-26-28(43)16-14-24-12-11-13-27(30(24)26)33-32(44)34-31-38(49-40(48-34)55-10)50-20-25-15-17-29(51(25)41(52)54-42(7,8)9)35(50)36(37(45)46)53-39(31)47-33/h11-14,16,21-23,25,29,35-37H,15,17,20H2,1-10H3/t25-,29+,35+,36-/m1/s1. The summed E-state index contributed by atoms with van der Waals surface area (Å²) in [5.41, 5.74) is 3.65. The molecule has 1 amide bonds. The number of fused-ring (bicyclic) bond motifs is 6. The van der Waals surface area contributed by atoms with Gasteiger partial charge in [-0.1, -0.05) is 83.5 Å². The molecule has 4 aromatic rings. The zero-order valence-electron chi connectivity index (χ0n) is 33.5. The van der Waals surface area contributed by atoms with Crippen LogP contribution in [0.25, 0.3) is 32.9 Å². The molecule has 3 aliphatic heterocycles. The number of amides is 1. The zero-order valence-corrected chi connectivity index (χ0v) is 35.3. The van der Waals surface area contributed by atoms with E-state index in [1.54, 1.807) is 61.1 Å². The SMILES string of the molecule is CSc1nc2c3c(nc(-c4cccc5ccc(F)c(C#C[Si](C(C)C)(C(C)C)C(C)C)c45)c(F)c3n1)O[C@@H](C(F)F)[C@@H]1[C@@H]3CC[C@H](CN21)N3C(=O)OC(C)(C)C. The van der Waals surface area contributed by atoms with Crippen molar-refractivity contribution in [3.8, 4) is 28.6 Å². The van der Waals surface area contributed by atoms with E-state index in [9.17, 15) is 4.79 Å². The van der Waals surface area contributed by atoms with E-state index in [1.807, 2.05) is 0 Å². The predicted molar refractivity (Wildman–Crippen MR) is 216 cm³/mol. The molecule has 0 unspecified atom stereocenters. The highest BCUT2D eigenvalue weighted by atomic mass is 32.2. The number of ether oxygens (including phenoxy) is 2. The summed E-state index contributed by atoms with van der Waals surface area (Å²) in [6.45, 7) is 18.5. The second-order valence-corrected chi connectivity index (χ2v) is 23.4. The van der Waals surface area contributed by atoms with Crippen molar-refractivity contribution in [2.45, 2.75) is 133 Å². The Morgan fingerprint density at radius 3 is 2.30 bits per heavy atom. The topological polar surface area (TPSA) is 80.7 Å². The number of thioether (sulfide) groups is 1. The lowest BCUT2D eigenvalue weighted by Gasteiger charge is -2.48. The summed E-state index contributed by atoms with van der Waals surface area (Å²) in [4.78, 5) is 30.9. The first kappa shape index (κ1) is 40.1. The Morgan fingerprint density at radius 1 is 0.982 bits per heavy atom. The second kappa shape index (κ2) is 14.7. The van der Waals surface area contributed by atoms with Gasteiger partial charge >= 0.3 is 6.09 Å². The quantitative estimate of drug-likeness (QED) is 0.0627. The molecule has 8 nitrogen and oxygen atoms in total. The molecule has 2 bridgehead atoms. The van der Waals surface area contributed by atoms with E-state index in [1.165, 1.54) is 17.8 Å². The van der Waals surface area contributed by atoms with Crippen molar-refractivity contribution in [1.82, 2.24) is 19.9 Å². The van der Waals surface area contributed by atoms with Gasteiger partial charge in [-0.2, -0.15) is 0 Å². The number of hydrogen-bond donors (Lipinski definition) is 0. The van der Waals surface area contributed by atoms with E-state index in [4.69, 9.17) is 14.5 Å². The Kier molecular flexibility index (Phi) is 10.5. The van der Waals surface area contributed by atoms with Gasteiger partial charge in [-0.05, 0) is 67.9 Å². The maximum atomic E-state index is 17.4. The highest BCUT2D eigenvalue weighted by Gasteiger charge is 2.56. The number of carbonyl (C=O) groups is 1. The molecule has 2 aromatic carbocycles. The minimum Gasteiger partial charge on any atom is -0.465 e. The van der Waals surface area contributed by atoms with Gasteiger partial charge in [0.05, 0.1) is 23.7 Å². The van der Waals surface area contributed by atoms with Crippen LogP contribution in [0.4, 0.5) is 28.2 Å². The van der Waals surface area contributed by atoms with Gasteiger partial charge in [0.25, 0.3) is 6.43 Å². The fourth-order valence-electron chi connectivity index (χ4n) is 9.55. The number of aromatic nitrogens is 3. The lowest BCUT2D eigenvalue weighted by molar-refractivity contribution is -0.0371. The second-order valence-electron chi connectivity index (χ2n) is 17.1. The Hall–Kier alpha value is -4.09. The molecule has 7 rings (SSSR count). The van der Waals surface area contributed by atoms with Crippen LogP contribution in [0.1, 0.15) is 80.7 Å². The number of alkyl halides is 2. The lowest BCUT2D eigenvalue weighted by Crippen LogP contribution is -2.67. The van der Waals surface area contributed by atoms with Gasteiger partial charge in [-0.15, -0.1) is 5.54 Å². The normalized spacial score (nSPS) is 20.8. The van der Waals surface area contributed by atoms with E-state index < -0.39 is 56.0 Å². The molecule has 14 heteroatoms. The lowest BCUT2D eigenvalue weighted by atomic mass is 9.96. The number of piperazine rings is 1. The largest absolute Gasteiger partial charge is 0.465 e. The van der Waals surface area contributed by atoms with Gasteiger partial charge in [0, 0.05) is 17.5 Å². The molecule has 5 heterocycles. The third-order valence-electron chi connectivity index (χ3n) is 11.8. The van der Waals surface area contributed by atoms with Crippen LogP contribution in [-0.4, -0.2) is 83.1 Å². The molecule has 2 fully saturated rings. The van der Waals surface area contributed by atoms with Gasteiger partial charge < -0.3 is 14.4 Å². The number of benzene rings is 2. The first-order valence-electron chi connectivity index (χ1n) is 19.3. The molecule has 298 valence electrons. The van der Waals surface area contributed by atoms with E-state index in [2.05, 4.69) is 63.0 Å². The van der Waals surface area contributed by atoms with Crippen LogP contribution >= 0.6 is 11.8 Å². The van der Waals surface area contributed by atoms with Gasteiger partial charge in [0.2, 0.25) is 5.88 Å². The maximum Gasteiger partial charge on any atom is 0.410 e. The number of pyridine rings is 1. The molecule has 2 saturated heterocycles. The molecule has 56 heavy (non-hydrogen) atoms. The van der Waals surface area contributed by atoms with Gasteiger partial charge in [-0.25, -0.2) is 37.3 Å². The summed E-state index contributed by atoms with van der Waals surface area (Å²) in [5, 5.41) is 1.26. The number of rotatable bonds is 6. The van der Waals surface area contributed by atoms with Crippen LogP contribution < -0.4 is 9.64 Å². The maximum absolute atomic E-state index is 17.4. The highest BCUT2D eigenvalue weighted by molar-refractivity contribution is 7.98. The molecule has 0 aliphatic carbocycles. The van der Waals surface area contributed by atoms with E-state index in [0.717, 1.165) is 0 Å². The fourth-order valence-corrected chi connectivity index (χ4v) is 15.1. The van der Waals surface area contributed by atoms with Crippen LogP contribution in [0.3, 0.4) is 0 Å². The van der Waals surface area contributed by atoms with Crippen molar-refractivity contribution >= 4 is 53.4 Å². The smallest absolute Gasteiger partial charge is 0.410 e. The van der Waals surface area contributed by atoms with Crippen LogP contribution in [0.15, 0.2) is 35.5 Å². The van der Waals surface area contributed by atoms with Crippen molar-refractivity contribution in [3.63, 3.8) is 0 Å². The number of anilines is 1. The van der Waals surface area contributed by atoms with Crippen molar-refractivity contribution in [2.24, 2.45) is 0 Å². The molecule has 2 aromatic heterocycles. The molecular weight excluding hydrogens is 759 g/mol. The van der Waals surface area contributed by atoms with Crippen molar-refractivity contribution < 1.29 is 31.8 Å². The zero-order chi connectivity index (χ0) is 40.6. The molecular formula is C42H49F4N5O3SSi. The minimum atomic E-state index is -3.02. The summed E-state index contributed by atoms with van der Waals surface area (Å²) in [5.74, 6) is 1.84. The van der Waals surface area contributed by atoms with E-state index in [0.29, 0.717) is 23.6 Å². The Labute approximate surface area is 331 Å². The number of carbonyl (C=O) groups excluding carboxylic acids is 1. The molecule has 4 atom stereocenters. The summed E-state index contributed by atoms with van der Waals surface area (Å²) >= 11 is 1.18. The first-order chi connectivity index (χ1) is 26.4. The average molecular weight is 808 g/mol. The van der Waals surface area contributed by atoms with Crippen LogP contribution in [0.5, 0.6) is 5.88 Å². The number of halogens is 4. The number of hydrogen-bond acceptors (Lipinski definition) is 8. The molecule has 0 radical (unpaired) electrons. The van der Waals surface area contributed by atoms with Crippen LogP contribution in [0.2, 0.25) is 16.6 Å². The highest BCUT2D eigenvalue weighted by Crippen LogP contribution is 2.48. The fraction of sp³-hybridized carbons (Fsp3) is 0.524. The summed E-state index contributed by atoms with van der Waals surface area (Å²) in [6.07, 6.45) is -2.64. The average Bonchev–Trinajstić information content (AvgIpc) is 3.36. The molecule has 0 saturated carbocycles. The third kappa shape index (κ3) is 6.56. The predicted octanol–water partition coefficient (Wildman–Crippen LogP) is 10.4. The van der Waals surface area contributed by atoms with Crippen LogP contribution in [-0.2, 0) is 4.74 Å². The van der Waals surface area contributed by atoms with Crippen molar-refractivity contribution in [1.29, 1.82) is 0 Å². The minimum absolute atomic E-state index is 0.0651. The molecule has 0 spiro atoms. The summed E-state index contributed by atoms with van der Waals surface area (Å²) in [7, 11) is -2.32. The summed E-state index contributed by atoms with van der Waals surface area (Å²) in [6, 6.07) is 6.00. The third-order valence-corrected chi connectivity index (χ3v) is 18.7. The Morgan fingerprint density at radius 2 is 1.68 bits per heavy atom. The monoisotopic (exact) mass is 807 g/mol. The summed E-state index contributed by atoms with van der Waals surface area (Å²) < 4.78 is 76.3. The van der Waals surface area contributed by atoms with Gasteiger partial charge in [0.15, 0.2) is 17.1 Å². The number of nitrogens with zero attached hydrogens (tertiary/aromatic N) is 5. The van der Waals surface area contributed by atoms with Gasteiger partial charge in [-0.3, -0.25) is 4.90 Å². The van der Waals surface area contributed by atoms with E-state index >= 15 is 17.6 Å². The van der Waals surface area contributed by atoms with Crippen LogP contribution in [0, 0.1) is 23.1 Å². The van der Waals surface area contributed by atoms with Crippen molar-refractivity contribution in [3.05, 3.63) is 47.5 Å². The van der Waals surface area contributed by atoms with Crippen molar-refractivity contribution in [2.75, 3.05) is 17.7 Å². The van der Waals surface area contributed by atoms with Gasteiger partial charge in [0.1, 0.15) is 41.9 Å². The van der Waals surface area contributed by atoms with E-state index in [-0.39, 0.29) is 73.8 Å². The molecule has 0 N–H and O–H groups in total. The molecule has 3 aliphatic rings. The Bertz CT molecular complexity index is 2250. The Balaban J connectivity index is 1.46. The first-order valence-corrected chi connectivity index (χ1v) is 22.8.